The molecule has 0 unspecified atom stereocenters. The van der Waals surface area contributed by atoms with E-state index in [9.17, 15) is 4.79 Å². The summed E-state index contributed by atoms with van der Waals surface area (Å²) in [6, 6.07) is 18.0. The number of benzene rings is 2. The third-order valence-electron chi connectivity index (χ3n) is 5.01. The normalized spacial score (nSPS) is 16.2. The molecule has 0 saturated carbocycles. The average Bonchev–Trinajstić information content (AvgIpc) is 2.69. The van der Waals surface area contributed by atoms with Crippen molar-refractivity contribution >= 4 is 5.91 Å². The maximum absolute atomic E-state index is 12.7. The Kier molecular flexibility index (Phi) is 6.16. The third-order valence-corrected chi connectivity index (χ3v) is 5.01. The van der Waals surface area contributed by atoms with Gasteiger partial charge >= 0.3 is 0 Å². The van der Waals surface area contributed by atoms with Gasteiger partial charge in [0.05, 0.1) is 7.11 Å². The number of rotatable bonds is 6. The molecule has 1 saturated heterocycles. The molecule has 1 amide bonds. The lowest BCUT2D eigenvalue weighted by Gasteiger charge is -2.33. The zero-order chi connectivity index (χ0) is 18.4. The van der Waals surface area contributed by atoms with Crippen molar-refractivity contribution in [3.8, 4) is 11.5 Å². The van der Waals surface area contributed by atoms with E-state index in [1.165, 1.54) is 5.56 Å². The number of ether oxygens (including phenoxy) is 2. The molecule has 0 spiro atoms. The molecule has 26 heavy (non-hydrogen) atoms. The maximum atomic E-state index is 12.7. The van der Waals surface area contributed by atoms with E-state index in [4.69, 9.17) is 9.47 Å². The van der Waals surface area contributed by atoms with Gasteiger partial charge in [-0.15, -0.1) is 0 Å². The van der Waals surface area contributed by atoms with Gasteiger partial charge in [0, 0.05) is 13.1 Å². The summed E-state index contributed by atoms with van der Waals surface area (Å²) in [5, 5.41) is 0. The molecule has 0 aliphatic carbocycles. The first-order chi connectivity index (χ1) is 12.7. The van der Waals surface area contributed by atoms with Gasteiger partial charge in [-0.05, 0) is 49.8 Å². The van der Waals surface area contributed by atoms with E-state index in [0.717, 1.165) is 32.4 Å². The van der Waals surface area contributed by atoms with E-state index in [-0.39, 0.29) is 5.91 Å². The van der Waals surface area contributed by atoms with Gasteiger partial charge < -0.3 is 14.4 Å². The fourth-order valence-electron chi connectivity index (χ4n) is 3.52. The minimum Gasteiger partial charge on any atom is -0.493 e. The van der Waals surface area contributed by atoms with E-state index < -0.39 is 6.10 Å². The molecular weight excluding hydrogens is 326 g/mol. The lowest BCUT2D eigenvalue weighted by molar-refractivity contribution is -0.139. The van der Waals surface area contributed by atoms with Crippen molar-refractivity contribution in [2.24, 2.45) is 5.92 Å². The Bertz CT molecular complexity index is 708. The molecule has 0 bridgehead atoms. The first-order valence-electron chi connectivity index (χ1n) is 9.29. The molecule has 2 aromatic carbocycles. The predicted octanol–water partition coefficient (Wildman–Crippen LogP) is 3.94. The number of methoxy groups -OCH3 is 1. The van der Waals surface area contributed by atoms with Crippen molar-refractivity contribution < 1.29 is 14.3 Å². The second-order valence-corrected chi connectivity index (χ2v) is 6.87. The number of nitrogens with zero attached hydrogens (tertiary/aromatic N) is 1. The van der Waals surface area contributed by atoms with Gasteiger partial charge in [-0.3, -0.25) is 4.79 Å². The topological polar surface area (TPSA) is 38.8 Å². The fourth-order valence-corrected chi connectivity index (χ4v) is 3.52. The van der Waals surface area contributed by atoms with Crippen molar-refractivity contribution in [1.29, 1.82) is 0 Å². The smallest absolute Gasteiger partial charge is 0.263 e. The number of hydrogen-bond donors (Lipinski definition) is 0. The summed E-state index contributed by atoms with van der Waals surface area (Å²) in [5.41, 5.74) is 1.38. The van der Waals surface area contributed by atoms with Crippen molar-refractivity contribution in [2.75, 3.05) is 20.2 Å². The lowest BCUT2D eigenvalue weighted by Crippen LogP contribution is -2.45. The fraction of sp³-hybridized carbons (Fsp3) is 0.409. The Morgan fingerprint density at radius 1 is 1.04 bits per heavy atom. The van der Waals surface area contributed by atoms with Crippen LogP contribution in [0, 0.1) is 5.92 Å². The van der Waals surface area contributed by atoms with E-state index >= 15 is 0 Å². The Labute approximate surface area is 155 Å². The third kappa shape index (κ3) is 4.57. The molecular formula is C22H27NO3. The van der Waals surface area contributed by atoms with Crippen LogP contribution in [0.5, 0.6) is 11.5 Å². The van der Waals surface area contributed by atoms with Crippen LogP contribution >= 0.6 is 0 Å². The van der Waals surface area contributed by atoms with Gasteiger partial charge in [-0.1, -0.05) is 42.5 Å². The summed E-state index contributed by atoms with van der Waals surface area (Å²) < 4.78 is 11.1. The molecule has 138 valence electrons. The van der Waals surface area contributed by atoms with Crippen LogP contribution in [0.15, 0.2) is 54.6 Å². The molecule has 1 aliphatic heterocycles. The summed E-state index contributed by atoms with van der Waals surface area (Å²) in [6.07, 6.45) is 2.66. The first kappa shape index (κ1) is 18.3. The summed E-state index contributed by atoms with van der Waals surface area (Å²) in [7, 11) is 1.60. The first-order valence-corrected chi connectivity index (χ1v) is 9.29. The minimum atomic E-state index is -0.517. The van der Waals surface area contributed by atoms with Crippen LogP contribution in [-0.4, -0.2) is 37.1 Å². The highest BCUT2D eigenvalue weighted by Crippen LogP contribution is 2.28. The standard InChI is InChI=1S/C22H27NO3/c1-17(26-21-11-7-6-10-20(21)25-2)22(24)23-14-12-19(13-15-23)16-18-8-4-3-5-9-18/h3-11,17,19H,12-16H2,1-2H3/t17-/m0/s1. The van der Waals surface area contributed by atoms with Crippen LogP contribution in [0.4, 0.5) is 0 Å². The maximum Gasteiger partial charge on any atom is 0.263 e. The summed E-state index contributed by atoms with van der Waals surface area (Å²) in [6.45, 7) is 3.41. The zero-order valence-corrected chi connectivity index (χ0v) is 15.6. The number of hydrogen-bond acceptors (Lipinski definition) is 3. The second kappa shape index (κ2) is 8.75. The van der Waals surface area contributed by atoms with E-state index in [1.807, 2.05) is 42.2 Å². The van der Waals surface area contributed by atoms with Crippen LogP contribution in [0.25, 0.3) is 0 Å². The Balaban J connectivity index is 1.51. The molecule has 2 aromatic rings. The molecule has 0 aromatic heterocycles. The summed E-state index contributed by atoms with van der Waals surface area (Å²) in [4.78, 5) is 14.7. The molecule has 3 rings (SSSR count). The average molecular weight is 353 g/mol. The number of carbonyl (C=O) groups is 1. The van der Waals surface area contributed by atoms with E-state index in [2.05, 4.69) is 24.3 Å². The minimum absolute atomic E-state index is 0.0501. The van der Waals surface area contributed by atoms with Crippen LogP contribution in [-0.2, 0) is 11.2 Å². The molecule has 4 heteroatoms. The van der Waals surface area contributed by atoms with Gasteiger partial charge in [0.1, 0.15) is 0 Å². The second-order valence-electron chi connectivity index (χ2n) is 6.87. The van der Waals surface area contributed by atoms with Gasteiger partial charge in [-0.25, -0.2) is 0 Å². The van der Waals surface area contributed by atoms with Gasteiger partial charge in [0.15, 0.2) is 17.6 Å². The molecule has 1 atom stereocenters. The Morgan fingerprint density at radius 2 is 1.65 bits per heavy atom. The largest absolute Gasteiger partial charge is 0.493 e. The van der Waals surface area contributed by atoms with Crippen molar-refractivity contribution in [1.82, 2.24) is 4.90 Å². The van der Waals surface area contributed by atoms with Crippen LogP contribution in [0.3, 0.4) is 0 Å². The molecule has 0 radical (unpaired) electrons. The quantitative estimate of drug-likeness (QED) is 0.789. The Hall–Kier alpha value is -2.49. The molecule has 1 aliphatic rings. The zero-order valence-electron chi connectivity index (χ0n) is 15.6. The highest BCUT2D eigenvalue weighted by Gasteiger charge is 2.27. The Morgan fingerprint density at radius 3 is 2.31 bits per heavy atom. The molecule has 1 heterocycles. The number of likely N-dealkylation sites (tertiary alicyclic amines) is 1. The van der Waals surface area contributed by atoms with Crippen molar-refractivity contribution in [3.63, 3.8) is 0 Å². The highest BCUT2D eigenvalue weighted by molar-refractivity contribution is 5.81. The highest BCUT2D eigenvalue weighted by atomic mass is 16.5. The number of para-hydroxylation sites is 2. The lowest BCUT2D eigenvalue weighted by atomic mass is 9.90. The number of amides is 1. The van der Waals surface area contributed by atoms with Gasteiger partial charge in [0.25, 0.3) is 5.91 Å². The van der Waals surface area contributed by atoms with Crippen LogP contribution in [0.2, 0.25) is 0 Å². The predicted molar refractivity (Wildman–Crippen MR) is 103 cm³/mol. The molecule has 0 N–H and O–H groups in total. The van der Waals surface area contributed by atoms with Crippen LogP contribution < -0.4 is 9.47 Å². The summed E-state index contributed by atoms with van der Waals surface area (Å²) in [5.74, 6) is 1.95. The molecule has 4 nitrogen and oxygen atoms in total. The van der Waals surface area contributed by atoms with Gasteiger partial charge in [-0.2, -0.15) is 0 Å². The number of carbonyl (C=O) groups excluding carboxylic acids is 1. The monoisotopic (exact) mass is 353 g/mol. The van der Waals surface area contributed by atoms with Crippen molar-refractivity contribution in [3.05, 3.63) is 60.2 Å². The SMILES string of the molecule is COc1ccccc1O[C@@H](C)C(=O)N1CCC(Cc2ccccc2)CC1. The van der Waals surface area contributed by atoms with Crippen molar-refractivity contribution in [2.45, 2.75) is 32.3 Å². The number of piperidine rings is 1. The van der Waals surface area contributed by atoms with E-state index in [1.54, 1.807) is 7.11 Å². The molecule has 1 fully saturated rings. The van der Waals surface area contributed by atoms with Crippen LogP contribution in [0.1, 0.15) is 25.3 Å². The van der Waals surface area contributed by atoms with E-state index in [0.29, 0.717) is 17.4 Å². The van der Waals surface area contributed by atoms with Gasteiger partial charge in [0.2, 0.25) is 0 Å². The summed E-state index contributed by atoms with van der Waals surface area (Å²) >= 11 is 0.